The standard InChI is InChI=1S/C12H23N3/c1-3-10-7-11(10)14-12(13)15-6-4-5-9(2)8-15/h9-11H,3-8H2,1-2H3,(H2,13,14)/t9?,10-,11-/m1/s1. The van der Waals surface area contributed by atoms with Crippen LogP contribution >= 0.6 is 0 Å². The number of aliphatic imine (C=N–C) groups is 1. The predicted octanol–water partition coefficient (Wildman–Crippen LogP) is 1.83. The number of nitrogens with zero attached hydrogens (tertiary/aromatic N) is 2. The first-order chi connectivity index (χ1) is 7.20. The van der Waals surface area contributed by atoms with Gasteiger partial charge in [0.05, 0.1) is 6.04 Å². The summed E-state index contributed by atoms with van der Waals surface area (Å²) >= 11 is 0. The molecule has 2 fully saturated rings. The molecule has 2 N–H and O–H groups in total. The van der Waals surface area contributed by atoms with E-state index in [9.17, 15) is 0 Å². The Balaban J connectivity index is 1.87. The van der Waals surface area contributed by atoms with Crippen molar-refractivity contribution in [1.29, 1.82) is 0 Å². The van der Waals surface area contributed by atoms with E-state index in [1.807, 2.05) is 0 Å². The van der Waals surface area contributed by atoms with Crippen LogP contribution in [0.4, 0.5) is 0 Å². The molecule has 0 bridgehead atoms. The van der Waals surface area contributed by atoms with Gasteiger partial charge in [-0.15, -0.1) is 0 Å². The summed E-state index contributed by atoms with van der Waals surface area (Å²) in [5.74, 6) is 2.38. The molecule has 2 rings (SSSR count). The summed E-state index contributed by atoms with van der Waals surface area (Å²) in [6.07, 6.45) is 5.10. The van der Waals surface area contributed by atoms with Gasteiger partial charge in [-0.05, 0) is 31.1 Å². The lowest BCUT2D eigenvalue weighted by atomic mass is 10.0. The minimum Gasteiger partial charge on any atom is -0.370 e. The molecule has 3 nitrogen and oxygen atoms in total. The fraction of sp³-hybridized carbons (Fsp3) is 0.917. The Morgan fingerprint density at radius 2 is 2.33 bits per heavy atom. The zero-order valence-corrected chi connectivity index (χ0v) is 9.95. The molecular formula is C12H23N3. The van der Waals surface area contributed by atoms with Crippen molar-refractivity contribution in [3.63, 3.8) is 0 Å². The van der Waals surface area contributed by atoms with Gasteiger partial charge in [-0.2, -0.15) is 0 Å². The smallest absolute Gasteiger partial charge is 0.191 e. The summed E-state index contributed by atoms with van der Waals surface area (Å²) in [6.45, 7) is 6.73. The van der Waals surface area contributed by atoms with Crippen LogP contribution in [0.5, 0.6) is 0 Å². The van der Waals surface area contributed by atoms with E-state index < -0.39 is 0 Å². The summed E-state index contributed by atoms with van der Waals surface area (Å²) in [7, 11) is 0. The van der Waals surface area contributed by atoms with E-state index >= 15 is 0 Å². The SMILES string of the molecule is CC[C@@H]1C[C@H]1N=C(N)N1CCCC(C)C1. The predicted molar refractivity (Wildman–Crippen MR) is 63.8 cm³/mol. The molecule has 1 aliphatic heterocycles. The molecule has 0 amide bonds. The van der Waals surface area contributed by atoms with Crippen LogP contribution in [-0.4, -0.2) is 30.0 Å². The average molecular weight is 209 g/mol. The maximum absolute atomic E-state index is 6.04. The number of nitrogens with two attached hydrogens (primary N) is 1. The van der Waals surface area contributed by atoms with E-state index in [0.717, 1.165) is 30.9 Å². The van der Waals surface area contributed by atoms with Crippen LogP contribution in [0.1, 0.15) is 39.5 Å². The highest BCUT2D eigenvalue weighted by Gasteiger charge is 2.35. The topological polar surface area (TPSA) is 41.6 Å². The number of hydrogen-bond donors (Lipinski definition) is 1. The normalized spacial score (nSPS) is 36.8. The fourth-order valence-electron chi connectivity index (χ4n) is 2.48. The molecule has 0 aromatic rings. The number of guanidine groups is 1. The Morgan fingerprint density at radius 3 is 2.93 bits per heavy atom. The summed E-state index contributed by atoms with van der Waals surface area (Å²) in [6, 6.07) is 0.534. The molecule has 1 saturated heterocycles. The summed E-state index contributed by atoms with van der Waals surface area (Å²) in [4.78, 5) is 6.88. The Hall–Kier alpha value is -0.730. The highest BCUT2D eigenvalue weighted by atomic mass is 15.3. The van der Waals surface area contributed by atoms with Crippen molar-refractivity contribution in [2.45, 2.75) is 45.6 Å². The average Bonchev–Trinajstić information content (AvgIpc) is 2.96. The molecule has 0 spiro atoms. The third-order valence-corrected chi connectivity index (χ3v) is 3.69. The Morgan fingerprint density at radius 1 is 1.53 bits per heavy atom. The van der Waals surface area contributed by atoms with Crippen molar-refractivity contribution >= 4 is 5.96 Å². The van der Waals surface area contributed by atoms with Crippen molar-refractivity contribution in [1.82, 2.24) is 4.90 Å². The van der Waals surface area contributed by atoms with E-state index in [1.165, 1.54) is 25.7 Å². The second-order valence-corrected chi connectivity index (χ2v) is 5.15. The zero-order valence-electron chi connectivity index (χ0n) is 9.95. The van der Waals surface area contributed by atoms with Crippen molar-refractivity contribution in [2.75, 3.05) is 13.1 Å². The molecule has 0 aromatic carbocycles. The summed E-state index contributed by atoms with van der Waals surface area (Å²) in [5.41, 5.74) is 6.04. The van der Waals surface area contributed by atoms with Crippen LogP contribution in [0, 0.1) is 11.8 Å². The highest BCUT2D eigenvalue weighted by Crippen LogP contribution is 2.36. The molecule has 1 heterocycles. The van der Waals surface area contributed by atoms with Gasteiger partial charge in [0.15, 0.2) is 5.96 Å². The fourth-order valence-corrected chi connectivity index (χ4v) is 2.48. The van der Waals surface area contributed by atoms with Crippen molar-refractivity contribution in [3.8, 4) is 0 Å². The Labute approximate surface area is 92.7 Å². The number of likely N-dealkylation sites (tertiary alicyclic amines) is 1. The van der Waals surface area contributed by atoms with Crippen LogP contribution in [0.15, 0.2) is 4.99 Å². The van der Waals surface area contributed by atoms with Gasteiger partial charge in [0.2, 0.25) is 0 Å². The lowest BCUT2D eigenvalue weighted by Crippen LogP contribution is -2.43. The molecule has 86 valence electrons. The molecule has 1 unspecified atom stereocenters. The second-order valence-electron chi connectivity index (χ2n) is 5.15. The van der Waals surface area contributed by atoms with Gasteiger partial charge in [-0.25, -0.2) is 4.99 Å². The minimum absolute atomic E-state index is 0.534. The van der Waals surface area contributed by atoms with Crippen molar-refractivity contribution in [2.24, 2.45) is 22.6 Å². The molecule has 0 radical (unpaired) electrons. The van der Waals surface area contributed by atoms with Crippen molar-refractivity contribution in [3.05, 3.63) is 0 Å². The van der Waals surface area contributed by atoms with Crippen molar-refractivity contribution < 1.29 is 0 Å². The first-order valence-corrected chi connectivity index (χ1v) is 6.29. The van der Waals surface area contributed by atoms with E-state index in [2.05, 4.69) is 23.7 Å². The van der Waals surface area contributed by atoms with E-state index in [0.29, 0.717) is 6.04 Å². The lowest BCUT2D eigenvalue weighted by molar-refractivity contribution is 0.270. The van der Waals surface area contributed by atoms with Gasteiger partial charge in [-0.1, -0.05) is 20.3 Å². The van der Waals surface area contributed by atoms with Gasteiger partial charge in [-0.3, -0.25) is 0 Å². The molecule has 1 aliphatic carbocycles. The molecule has 3 atom stereocenters. The molecule has 15 heavy (non-hydrogen) atoms. The first kappa shape index (κ1) is 10.8. The largest absolute Gasteiger partial charge is 0.370 e. The first-order valence-electron chi connectivity index (χ1n) is 6.29. The molecule has 0 aromatic heterocycles. The maximum Gasteiger partial charge on any atom is 0.191 e. The number of rotatable bonds is 2. The summed E-state index contributed by atoms with van der Waals surface area (Å²) < 4.78 is 0. The van der Waals surface area contributed by atoms with Crippen LogP contribution < -0.4 is 5.73 Å². The summed E-state index contributed by atoms with van der Waals surface area (Å²) in [5, 5.41) is 0. The van der Waals surface area contributed by atoms with Gasteiger partial charge >= 0.3 is 0 Å². The molecular weight excluding hydrogens is 186 g/mol. The highest BCUT2D eigenvalue weighted by molar-refractivity contribution is 5.78. The van der Waals surface area contributed by atoms with Gasteiger partial charge in [0.1, 0.15) is 0 Å². The van der Waals surface area contributed by atoms with Crippen LogP contribution in [0.25, 0.3) is 0 Å². The molecule has 1 saturated carbocycles. The van der Waals surface area contributed by atoms with Gasteiger partial charge in [0.25, 0.3) is 0 Å². The second kappa shape index (κ2) is 4.42. The molecule has 2 aliphatic rings. The Kier molecular flexibility index (Phi) is 3.17. The Bertz CT molecular complexity index is 249. The lowest BCUT2D eigenvalue weighted by Gasteiger charge is -2.31. The minimum atomic E-state index is 0.534. The van der Waals surface area contributed by atoms with E-state index in [1.54, 1.807) is 0 Å². The molecule has 3 heteroatoms. The van der Waals surface area contributed by atoms with E-state index in [4.69, 9.17) is 5.73 Å². The zero-order chi connectivity index (χ0) is 10.8. The van der Waals surface area contributed by atoms with E-state index in [-0.39, 0.29) is 0 Å². The third kappa shape index (κ3) is 2.64. The van der Waals surface area contributed by atoms with Gasteiger partial charge < -0.3 is 10.6 Å². The van der Waals surface area contributed by atoms with Crippen LogP contribution in [-0.2, 0) is 0 Å². The number of hydrogen-bond acceptors (Lipinski definition) is 1. The monoisotopic (exact) mass is 209 g/mol. The van der Waals surface area contributed by atoms with Crippen LogP contribution in [0.3, 0.4) is 0 Å². The van der Waals surface area contributed by atoms with Gasteiger partial charge in [0, 0.05) is 13.1 Å². The maximum atomic E-state index is 6.04. The quantitative estimate of drug-likeness (QED) is 0.557. The van der Waals surface area contributed by atoms with Crippen LogP contribution in [0.2, 0.25) is 0 Å². The third-order valence-electron chi connectivity index (χ3n) is 3.69. The number of piperidine rings is 1.